The van der Waals surface area contributed by atoms with Crippen LogP contribution in [0, 0.1) is 6.92 Å². The zero-order chi connectivity index (χ0) is 14.8. The number of benzene rings is 1. The van der Waals surface area contributed by atoms with E-state index < -0.39 is 0 Å². The van der Waals surface area contributed by atoms with Crippen LogP contribution >= 0.6 is 0 Å². The van der Waals surface area contributed by atoms with Gasteiger partial charge in [0, 0.05) is 24.8 Å². The molecular weight excluding hydrogens is 268 g/mol. The maximum Gasteiger partial charge on any atom is 0.254 e. The molecule has 1 atom stereocenters. The molecule has 0 spiro atoms. The summed E-state index contributed by atoms with van der Waals surface area (Å²) < 4.78 is 1.81. The van der Waals surface area contributed by atoms with Crippen LogP contribution in [-0.4, -0.2) is 44.0 Å². The van der Waals surface area contributed by atoms with Crippen molar-refractivity contribution < 1.29 is 9.90 Å². The Morgan fingerprint density at radius 1 is 1.43 bits per heavy atom. The first-order chi connectivity index (χ1) is 10.1. The van der Waals surface area contributed by atoms with Gasteiger partial charge in [0.1, 0.15) is 5.75 Å². The zero-order valence-electron chi connectivity index (χ0n) is 11.9. The van der Waals surface area contributed by atoms with Crippen molar-refractivity contribution in [3.63, 3.8) is 0 Å². The largest absolute Gasteiger partial charge is 0.508 e. The number of aromatic hydroxyl groups is 1. The van der Waals surface area contributed by atoms with Gasteiger partial charge in [0.15, 0.2) is 0 Å². The van der Waals surface area contributed by atoms with Crippen molar-refractivity contribution in [1.82, 2.24) is 19.9 Å². The zero-order valence-corrected chi connectivity index (χ0v) is 11.9. The molecule has 1 unspecified atom stereocenters. The molecule has 0 saturated carbocycles. The number of hydrogen-bond acceptors (Lipinski definition) is 4. The Hall–Kier alpha value is -2.37. The van der Waals surface area contributed by atoms with Crippen molar-refractivity contribution in [2.45, 2.75) is 25.8 Å². The molecule has 1 aliphatic heterocycles. The van der Waals surface area contributed by atoms with E-state index >= 15 is 0 Å². The number of likely N-dealkylation sites (tertiary alicyclic amines) is 1. The second-order valence-corrected chi connectivity index (χ2v) is 5.43. The Labute approximate surface area is 123 Å². The number of phenols is 1. The van der Waals surface area contributed by atoms with Crippen LogP contribution < -0.4 is 0 Å². The average molecular weight is 286 g/mol. The number of nitrogens with zero attached hydrogens (tertiary/aromatic N) is 4. The van der Waals surface area contributed by atoms with Crippen LogP contribution in [0.4, 0.5) is 0 Å². The highest BCUT2D eigenvalue weighted by Crippen LogP contribution is 2.24. The van der Waals surface area contributed by atoms with Gasteiger partial charge in [-0.3, -0.25) is 4.79 Å². The molecule has 1 amide bonds. The van der Waals surface area contributed by atoms with E-state index in [2.05, 4.69) is 10.3 Å². The highest BCUT2D eigenvalue weighted by Gasteiger charge is 2.26. The first-order valence-electron chi connectivity index (χ1n) is 7.10. The number of amides is 1. The van der Waals surface area contributed by atoms with Gasteiger partial charge >= 0.3 is 0 Å². The lowest BCUT2D eigenvalue weighted by Crippen LogP contribution is -2.40. The van der Waals surface area contributed by atoms with E-state index in [-0.39, 0.29) is 17.7 Å². The summed E-state index contributed by atoms with van der Waals surface area (Å²) in [7, 11) is 0. The fourth-order valence-electron chi connectivity index (χ4n) is 2.69. The van der Waals surface area contributed by atoms with Crippen LogP contribution in [0.2, 0.25) is 0 Å². The Kier molecular flexibility index (Phi) is 3.60. The maximum absolute atomic E-state index is 12.5. The number of carbonyl (C=O) groups is 1. The number of phenolic OH excluding ortho intramolecular Hbond substituents is 1. The van der Waals surface area contributed by atoms with E-state index in [1.807, 2.05) is 22.7 Å². The molecule has 6 nitrogen and oxygen atoms in total. The predicted octanol–water partition coefficient (Wildman–Crippen LogP) is 1.77. The normalized spacial score (nSPS) is 18.7. The van der Waals surface area contributed by atoms with Crippen LogP contribution in [0.1, 0.15) is 34.8 Å². The molecule has 1 N–H and O–H groups in total. The maximum atomic E-state index is 12.5. The molecule has 0 aliphatic carbocycles. The Morgan fingerprint density at radius 3 is 3.00 bits per heavy atom. The minimum atomic E-state index is -0.0462. The van der Waals surface area contributed by atoms with E-state index in [4.69, 9.17) is 0 Å². The quantitative estimate of drug-likeness (QED) is 0.913. The standard InChI is InChI=1S/C15H18N4O2/c1-11-4-5-12(9-14(11)20)15(21)18-7-2-3-13(10-18)19-8-6-16-17-19/h4-6,8-9,13,20H,2-3,7,10H2,1H3. The summed E-state index contributed by atoms with van der Waals surface area (Å²) in [6, 6.07) is 5.23. The van der Waals surface area contributed by atoms with Crippen LogP contribution in [0.25, 0.3) is 0 Å². The van der Waals surface area contributed by atoms with Gasteiger partial charge in [-0.15, -0.1) is 5.10 Å². The molecule has 1 fully saturated rings. The van der Waals surface area contributed by atoms with Crippen LogP contribution in [-0.2, 0) is 0 Å². The molecule has 2 aromatic rings. The molecule has 3 rings (SSSR count). The number of piperidine rings is 1. The van der Waals surface area contributed by atoms with E-state index in [0.717, 1.165) is 24.9 Å². The number of aromatic nitrogens is 3. The minimum Gasteiger partial charge on any atom is -0.508 e. The van der Waals surface area contributed by atoms with E-state index in [1.54, 1.807) is 18.3 Å². The second-order valence-electron chi connectivity index (χ2n) is 5.43. The number of rotatable bonds is 2. The van der Waals surface area contributed by atoms with Gasteiger partial charge in [-0.1, -0.05) is 11.3 Å². The number of aryl methyl sites for hydroxylation is 1. The van der Waals surface area contributed by atoms with Gasteiger partial charge in [0.05, 0.1) is 12.2 Å². The molecule has 21 heavy (non-hydrogen) atoms. The average Bonchev–Trinajstić information content (AvgIpc) is 3.04. The second kappa shape index (κ2) is 5.55. The summed E-state index contributed by atoms with van der Waals surface area (Å²) in [5.74, 6) is 0.112. The number of hydrogen-bond donors (Lipinski definition) is 1. The van der Waals surface area contributed by atoms with Crippen molar-refractivity contribution in [3.05, 3.63) is 41.7 Å². The van der Waals surface area contributed by atoms with Crippen molar-refractivity contribution >= 4 is 5.91 Å². The van der Waals surface area contributed by atoms with Crippen molar-refractivity contribution in [2.24, 2.45) is 0 Å². The molecule has 1 saturated heterocycles. The molecular formula is C15H18N4O2. The molecule has 6 heteroatoms. The number of carbonyl (C=O) groups excluding carboxylic acids is 1. The minimum absolute atomic E-state index is 0.0462. The summed E-state index contributed by atoms with van der Waals surface area (Å²) in [6.07, 6.45) is 5.41. The van der Waals surface area contributed by atoms with E-state index in [1.165, 1.54) is 6.07 Å². The molecule has 2 heterocycles. The van der Waals surface area contributed by atoms with Crippen LogP contribution in [0.5, 0.6) is 5.75 Å². The molecule has 1 aliphatic rings. The fourth-order valence-corrected chi connectivity index (χ4v) is 2.69. The van der Waals surface area contributed by atoms with Gasteiger partial charge in [-0.2, -0.15) is 0 Å². The molecule has 0 radical (unpaired) electrons. The third kappa shape index (κ3) is 2.74. The Morgan fingerprint density at radius 2 is 2.29 bits per heavy atom. The lowest BCUT2D eigenvalue weighted by molar-refractivity contribution is 0.0671. The predicted molar refractivity (Wildman–Crippen MR) is 77.0 cm³/mol. The van der Waals surface area contributed by atoms with Crippen LogP contribution in [0.15, 0.2) is 30.6 Å². The third-order valence-electron chi connectivity index (χ3n) is 3.95. The molecule has 1 aromatic heterocycles. The summed E-state index contributed by atoms with van der Waals surface area (Å²) in [6.45, 7) is 3.17. The van der Waals surface area contributed by atoms with Gasteiger partial charge < -0.3 is 10.0 Å². The van der Waals surface area contributed by atoms with E-state index in [9.17, 15) is 9.90 Å². The first-order valence-corrected chi connectivity index (χ1v) is 7.10. The van der Waals surface area contributed by atoms with Gasteiger partial charge in [-0.05, 0) is 37.5 Å². The third-order valence-corrected chi connectivity index (χ3v) is 3.95. The smallest absolute Gasteiger partial charge is 0.254 e. The Balaban J connectivity index is 1.76. The van der Waals surface area contributed by atoms with Gasteiger partial charge in [0.25, 0.3) is 5.91 Å². The highest BCUT2D eigenvalue weighted by molar-refractivity contribution is 5.94. The van der Waals surface area contributed by atoms with E-state index in [0.29, 0.717) is 12.1 Å². The molecule has 0 bridgehead atoms. The van der Waals surface area contributed by atoms with Crippen molar-refractivity contribution in [3.8, 4) is 5.75 Å². The summed E-state index contributed by atoms with van der Waals surface area (Å²) in [5, 5.41) is 17.6. The SMILES string of the molecule is Cc1ccc(C(=O)N2CCCC(n3ccnn3)C2)cc1O. The van der Waals surface area contributed by atoms with Gasteiger partial charge in [-0.25, -0.2) is 4.68 Å². The lowest BCUT2D eigenvalue weighted by Gasteiger charge is -2.32. The summed E-state index contributed by atoms with van der Waals surface area (Å²) >= 11 is 0. The van der Waals surface area contributed by atoms with Crippen molar-refractivity contribution in [2.75, 3.05) is 13.1 Å². The van der Waals surface area contributed by atoms with Crippen molar-refractivity contribution in [1.29, 1.82) is 0 Å². The Bertz CT molecular complexity index is 639. The van der Waals surface area contributed by atoms with Crippen LogP contribution in [0.3, 0.4) is 0 Å². The molecule has 1 aromatic carbocycles. The molecule has 110 valence electrons. The fraction of sp³-hybridized carbons (Fsp3) is 0.400. The topological polar surface area (TPSA) is 71.2 Å². The van der Waals surface area contributed by atoms with Gasteiger partial charge in [0.2, 0.25) is 0 Å². The summed E-state index contributed by atoms with van der Waals surface area (Å²) in [4.78, 5) is 14.4. The first kappa shape index (κ1) is 13.6. The highest BCUT2D eigenvalue weighted by atomic mass is 16.3. The lowest BCUT2D eigenvalue weighted by atomic mass is 10.0. The monoisotopic (exact) mass is 286 g/mol. The summed E-state index contributed by atoms with van der Waals surface area (Å²) in [5.41, 5.74) is 1.29.